The molecule has 2 aliphatic rings. The number of carbonyl (C=O) groups is 3. The van der Waals surface area contributed by atoms with E-state index in [2.05, 4.69) is 0 Å². The zero-order valence-corrected chi connectivity index (χ0v) is 17.2. The maximum Gasteiger partial charge on any atom is 0.261 e. The van der Waals surface area contributed by atoms with Crippen molar-refractivity contribution in [1.82, 2.24) is 14.1 Å². The molecule has 9 heteroatoms. The minimum Gasteiger partial charge on any atom is -0.336 e. The molecule has 2 aliphatic heterocycles. The molecule has 0 aromatic heterocycles. The van der Waals surface area contributed by atoms with Gasteiger partial charge in [0.15, 0.2) is 0 Å². The number of rotatable bonds is 5. The zero-order chi connectivity index (χ0) is 20.6. The highest BCUT2D eigenvalue weighted by atomic mass is 32.2. The molecule has 3 amide bonds. The van der Waals surface area contributed by atoms with Crippen LogP contribution in [-0.2, 0) is 10.0 Å². The second-order valence-corrected chi connectivity index (χ2v) is 9.72. The maximum atomic E-state index is 12.8. The van der Waals surface area contributed by atoms with Gasteiger partial charge < -0.3 is 4.90 Å². The molecule has 1 aromatic carbocycles. The van der Waals surface area contributed by atoms with Gasteiger partial charge in [-0.1, -0.05) is 13.8 Å². The first-order chi connectivity index (χ1) is 13.2. The third-order valence-electron chi connectivity index (χ3n) is 5.05. The minimum atomic E-state index is -3.26. The highest BCUT2D eigenvalue weighted by Crippen LogP contribution is 2.25. The Balaban J connectivity index is 1.75. The number of amides is 3. The number of hydrogen-bond acceptors (Lipinski definition) is 5. The predicted octanol–water partition coefficient (Wildman–Crippen LogP) is 1.05. The summed E-state index contributed by atoms with van der Waals surface area (Å²) in [7, 11) is -3.26. The molecule has 0 aliphatic carbocycles. The summed E-state index contributed by atoms with van der Waals surface area (Å²) in [6.07, 6.45) is 0. The van der Waals surface area contributed by atoms with Crippen molar-refractivity contribution >= 4 is 27.7 Å². The molecule has 0 spiro atoms. The number of carbonyl (C=O) groups excluding carboxylic acids is 3. The van der Waals surface area contributed by atoms with Gasteiger partial charge >= 0.3 is 0 Å². The fourth-order valence-electron chi connectivity index (χ4n) is 3.49. The van der Waals surface area contributed by atoms with Gasteiger partial charge in [0.25, 0.3) is 17.7 Å². The van der Waals surface area contributed by atoms with Crippen LogP contribution < -0.4 is 0 Å². The van der Waals surface area contributed by atoms with Crippen LogP contribution >= 0.6 is 0 Å². The van der Waals surface area contributed by atoms with E-state index in [1.54, 1.807) is 17.9 Å². The van der Waals surface area contributed by atoms with E-state index < -0.39 is 10.0 Å². The van der Waals surface area contributed by atoms with Gasteiger partial charge in [0.2, 0.25) is 10.0 Å². The lowest BCUT2D eigenvalue weighted by molar-refractivity contribution is 0.0635. The van der Waals surface area contributed by atoms with Crippen molar-refractivity contribution in [3.05, 3.63) is 34.9 Å². The number of nitrogens with zero attached hydrogens (tertiary/aromatic N) is 3. The highest BCUT2D eigenvalue weighted by molar-refractivity contribution is 7.89. The Kier molecular flexibility index (Phi) is 5.58. The molecule has 28 heavy (non-hydrogen) atoms. The first-order valence-electron chi connectivity index (χ1n) is 9.43. The average Bonchev–Trinajstić information content (AvgIpc) is 2.91. The quantitative estimate of drug-likeness (QED) is 0.680. The van der Waals surface area contributed by atoms with E-state index in [1.165, 1.54) is 21.3 Å². The molecule has 0 N–H and O–H groups in total. The molecular formula is C19H25N3O5S. The van der Waals surface area contributed by atoms with Crippen molar-refractivity contribution in [2.24, 2.45) is 5.92 Å². The predicted molar refractivity (Wildman–Crippen MR) is 104 cm³/mol. The van der Waals surface area contributed by atoms with Crippen LogP contribution in [0.4, 0.5) is 0 Å². The summed E-state index contributed by atoms with van der Waals surface area (Å²) < 4.78 is 25.3. The Bertz CT molecular complexity index is 917. The molecule has 1 saturated heterocycles. The second kappa shape index (κ2) is 7.63. The molecule has 3 rings (SSSR count). The van der Waals surface area contributed by atoms with E-state index in [1.807, 2.05) is 13.8 Å². The largest absolute Gasteiger partial charge is 0.336 e. The molecule has 8 nitrogen and oxygen atoms in total. The normalized spacial score (nSPS) is 18.1. The lowest BCUT2D eigenvalue weighted by atomic mass is 10.0. The van der Waals surface area contributed by atoms with E-state index in [0.717, 1.165) is 0 Å². The van der Waals surface area contributed by atoms with Crippen LogP contribution in [0, 0.1) is 5.92 Å². The van der Waals surface area contributed by atoms with Crippen molar-refractivity contribution in [3.63, 3.8) is 0 Å². The fourth-order valence-corrected chi connectivity index (χ4v) is 4.57. The molecule has 1 aromatic rings. The van der Waals surface area contributed by atoms with Crippen LogP contribution in [0.15, 0.2) is 18.2 Å². The second-order valence-electron chi connectivity index (χ2n) is 7.47. The SMILES string of the molecule is CCS(=O)(=O)N1CCN(C(=O)c2ccc3c(c2)C(=O)N(CC(C)C)C3=O)CC1. The van der Waals surface area contributed by atoms with Gasteiger partial charge in [0.05, 0.1) is 16.9 Å². The van der Waals surface area contributed by atoms with Crippen molar-refractivity contribution in [1.29, 1.82) is 0 Å². The molecule has 0 radical (unpaired) electrons. The van der Waals surface area contributed by atoms with Crippen LogP contribution in [-0.4, -0.2) is 78.7 Å². The van der Waals surface area contributed by atoms with Gasteiger partial charge in [-0.3, -0.25) is 19.3 Å². The van der Waals surface area contributed by atoms with Crippen LogP contribution in [0.25, 0.3) is 0 Å². The topological polar surface area (TPSA) is 95.1 Å². The first-order valence-corrected chi connectivity index (χ1v) is 11.0. The summed E-state index contributed by atoms with van der Waals surface area (Å²) in [6, 6.07) is 4.56. The van der Waals surface area contributed by atoms with Gasteiger partial charge in [-0.05, 0) is 31.0 Å². The smallest absolute Gasteiger partial charge is 0.261 e. The maximum absolute atomic E-state index is 12.8. The monoisotopic (exact) mass is 407 g/mol. The third-order valence-corrected chi connectivity index (χ3v) is 6.93. The summed E-state index contributed by atoms with van der Waals surface area (Å²) in [5, 5.41) is 0. The molecule has 0 atom stereocenters. The molecule has 0 bridgehead atoms. The average molecular weight is 407 g/mol. The van der Waals surface area contributed by atoms with Crippen molar-refractivity contribution < 1.29 is 22.8 Å². The summed E-state index contributed by atoms with van der Waals surface area (Å²) in [5.74, 6) is -0.777. The Morgan fingerprint density at radius 3 is 2.21 bits per heavy atom. The number of piperazine rings is 1. The fraction of sp³-hybridized carbons (Fsp3) is 0.526. The van der Waals surface area contributed by atoms with E-state index in [0.29, 0.717) is 30.8 Å². The number of sulfonamides is 1. The van der Waals surface area contributed by atoms with E-state index >= 15 is 0 Å². The Morgan fingerprint density at radius 2 is 1.64 bits per heavy atom. The van der Waals surface area contributed by atoms with E-state index in [4.69, 9.17) is 0 Å². The Hall–Kier alpha value is -2.26. The number of imide groups is 1. The Labute approximate surface area is 165 Å². The highest BCUT2D eigenvalue weighted by Gasteiger charge is 2.36. The standard InChI is InChI=1S/C19H25N3O5S/c1-4-28(26,27)21-9-7-20(8-10-21)17(23)14-5-6-15-16(11-14)19(25)22(18(15)24)12-13(2)3/h5-6,11,13H,4,7-10,12H2,1-3H3. The molecule has 2 heterocycles. The molecule has 0 saturated carbocycles. The molecular weight excluding hydrogens is 382 g/mol. The molecule has 152 valence electrons. The number of benzene rings is 1. The lowest BCUT2D eigenvalue weighted by Gasteiger charge is -2.33. The first kappa shape index (κ1) is 20.5. The van der Waals surface area contributed by atoms with E-state index in [-0.39, 0.29) is 48.0 Å². The summed E-state index contributed by atoms with van der Waals surface area (Å²) in [4.78, 5) is 40.6. The molecule has 1 fully saturated rings. The van der Waals surface area contributed by atoms with Gasteiger partial charge in [-0.2, -0.15) is 4.31 Å². The summed E-state index contributed by atoms with van der Waals surface area (Å²) in [6.45, 7) is 6.89. The van der Waals surface area contributed by atoms with Crippen LogP contribution in [0.3, 0.4) is 0 Å². The Morgan fingerprint density at radius 1 is 1.04 bits per heavy atom. The minimum absolute atomic E-state index is 0.0365. The van der Waals surface area contributed by atoms with Gasteiger partial charge in [0.1, 0.15) is 0 Å². The number of fused-ring (bicyclic) bond motifs is 1. The van der Waals surface area contributed by atoms with Gasteiger partial charge in [-0.25, -0.2) is 8.42 Å². The van der Waals surface area contributed by atoms with Crippen molar-refractivity contribution in [2.45, 2.75) is 20.8 Å². The summed E-state index contributed by atoms with van der Waals surface area (Å²) >= 11 is 0. The number of hydrogen-bond donors (Lipinski definition) is 0. The zero-order valence-electron chi connectivity index (χ0n) is 16.3. The van der Waals surface area contributed by atoms with Gasteiger partial charge in [-0.15, -0.1) is 0 Å². The lowest BCUT2D eigenvalue weighted by Crippen LogP contribution is -2.50. The van der Waals surface area contributed by atoms with Crippen LogP contribution in [0.5, 0.6) is 0 Å². The van der Waals surface area contributed by atoms with Gasteiger partial charge in [0, 0.05) is 38.3 Å². The van der Waals surface area contributed by atoms with E-state index in [9.17, 15) is 22.8 Å². The molecule has 0 unspecified atom stereocenters. The van der Waals surface area contributed by atoms with Crippen molar-refractivity contribution in [3.8, 4) is 0 Å². The van der Waals surface area contributed by atoms with Crippen LogP contribution in [0.1, 0.15) is 51.8 Å². The third kappa shape index (κ3) is 3.68. The van der Waals surface area contributed by atoms with Crippen LogP contribution in [0.2, 0.25) is 0 Å². The van der Waals surface area contributed by atoms with Crippen molar-refractivity contribution in [2.75, 3.05) is 38.5 Å². The summed E-state index contributed by atoms with van der Waals surface area (Å²) in [5.41, 5.74) is 0.905.